The number of benzene rings is 3. The van der Waals surface area contributed by atoms with Gasteiger partial charge in [-0.05, 0) is 47.3 Å². The highest BCUT2D eigenvalue weighted by Gasteiger charge is 2.26. The molecule has 1 aromatic heterocycles. The molecule has 0 N–H and O–H groups in total. The van der Waals surface area contributed by atoms with Crippen LogP contribution in [-0.4, -0.2) is 11.9 Å². The van der Waals surface area contributed by atoms with Gasteiger partial charge in [0.2, 0.25) is 0 Å². The average Bonchev–Trinajstić information content (AvgIpc) is 2.74. The van der Waals surface area contributed by atoms with Gasteiger partial charge in [0.05, 0.1) is 16.7 Å². The second kappa shape index (κ2) is 7.71. The van der Waals surface area contributed by atoms with E-state index in [1.54, 1.807) is 36.5 Å². The highest BCUT2D eigenvalue weighted by Crippen LogP contribution is 2.24. The smallest absolute Gasteiger partial charge is 0.426 e. The Labute approximate surface area is 167 Å². The summed E-state index contributed by atoms with van der Waals surface area (Å²) >= 11 is 6.01. The minimum absolute atomic E-state index is 0.0126. The number of hydrogen-bond acceptors (Lipinski definition) is 3. The summed E-state index contributed by atoms with van der Waals surface area (Å²) in [6.07, 6.45) is 1.70. The Morgan fingerprint density at radius 1 is 0.964 bits per heavy atom. The van der Waals surface area contributed by atoms with Gasteiger partial charge in [-0.3, -0.25) is 4.98 Å². The van der Waals surface area contributed by atoms with Gasteiger partial charge in [0, 0.05) is 11.6 Å². The van der Waals surface area contributed by atoms with E-state index in [9.17, 15) is 9.65 Å². The standard InChI is InChI=1S/C22H13BClFN2O/c24-19-13-18(9-10-20(19)25)23(17-7-1-4-15(12-17)14-26)28-21-8-2-5-16-6-3-11-27-22(16)21/h1-13H. The number of nitrogens with zero attached hydrogens (tertiary/aromatic N) is 2. The third-order valence-electron chi connectivity index (χ3n) is 4.41. The number of nitriles is 1. The molecule has 0 aliphatic carbocycles. The van der Waals surface area contributed by atoms with Crippen molar-refractivity contribution in [3.63, 3.8) is 0 Å². The van der Waals surface area contributed by atoms with E-state index in [0.717, 1.165) is 16.4 Å². The van der Waals surface area contributed by atoms with Crippen LogP contribution in [0.3, 0.4) is 0 Å². The topological polar surface area (TPSA) is 45.9 Å². The molecular weight excluding hydrogens is 374 g/mol. The molecule has 0 radical (unpaired) electrons. The molecule has 28 heavy (non-hydrogen) atoms. The molecule has 4 aromatic rings. The van der Waals surface area contributed by atoms with E-state index in [1.807, 2.05) is 36.4 Å². The maximum Gasteiger partial charge on any atom is 0.426 e. The van der Waals surface area contributed by atoms with E-state index >= 15 is 0 Å². The van der Waals surface area contributed by atoms with Crippen LogP contribution >= 0.6 is 11.6 Å². The number of aromatic nitrogens is 1. The summed E-state index contributed by atoms with van der Waals surface area (Å²) < 4.78 is 20.0. The predicted octanol–water partition coefficient (Wildman–Crippen LogP) is 4.08. The molecule has 3 aromatic carbocycles. The summed E-state index contributed by atoms with van der Waals surface area (Å²) in [6.45, 7) is -0.584. The van der Waals surface area contributed by atoms with Gasteiger partial charge in [-0.2, -0.15) is 5.26 Å². The van der Waals surface area contributed by atoms with Crippen LogP contribution < -0.4 is 15.6 Å². The van der Waals surface area contributed by atoms with Gasteiger partial charge in [0.25, 0.3) is 0 Å². The number of pyridine rings is 1. The maximum absolute atomic E-state index is 13.7. The Morgan fingerprint density at radius 2 is 1.75 bits per heavy atom. The zero-order valence-electron chi connectivity index (χ0n) is 14.6. The van der Waals surface area contributed by atoms with Crippen LogP contribution in [-0.2, 0) is 0 Å². The minimum Gasteiger partial charge on any atom is -0.550 e. The van der Waals surface area contributed by atoms with Crippen molar-refractivity contribution >= 4 is 40.3 Å². The summed E-state index contributed by atoms with van der Waals surface area (Å²) in [4.78, 5) is 4.42. The van der Waals surface area contributed by atoms with Crippen LogP contribution in [0.25, 0.3) is 10.9 Å². The van der Waals surface area contributed by atoms with Crippen molar-refractivity contribution in [1.82, 2.24) is 4.98 Å². The summed E-state index contributed by atoms with van der Waals surface area (Å²) in [6, 6.07) is 23.2. The SMILES string of the molecule is N#Cc1cccc(B(Oc2cccc3cccnc23)c2ccc(F)c(Cl)c2)c1. The van der Waals surface area contributed by atoms with Crippen LogP contribution in [0.2, 0.25) is 5.02 Å². The molecule has 4 rings (SSSR count). The lowest BCUT2D eigenvalue weighted by molar-refractivity contribution is 0.596. The Bertz CT molecular complexity index is 1200. The van der Waals surface area contributed by atoms with Gasteiger partial charge in [-0.25, -0.2) is 4.39 Å². The number of hydrogen-bond donors (Lipinski definition) is 0. The number of para-hydroxylation sites is 1. The molecule has 0 aliphatic heterocycles. The second-order valence-electron chi connectivity index (χ2n) is 6.24. The van der Waals surface area contributed by atoms with Gasteiger partial charge >= 0.3 is 6.92 Å². The molecule has 134 valence electrons. The Hall–Kier alpha value is -3.36. The maximum atomic E-state index is 13.7. The third-order valence-corrected chi connectivity index (χ3v) is 4.70. The molecule has 6 heteroatoms. The summed E-state index contributed by atoms with van der Waals surface area (Å²) in [5, 5.41) is 10.2. The predicted molar refractivity (Wildman–Crippen MR) is 110 cm³/mol. The van der Waals surface area contributed by atoms with Crippen molar-refractivity contribution in [3.8, 4) is 11.8 Å². The Balaban J connectivity index is 1.84. The lowest BCUT2D eigenvalue weighted by Gasteiger charge is -2.18. The number of fused-ring (bicyclic) bond motifs is 1. The summed E-state index contributed by atoms with van der Waals surface area (Å²) in [7, 11) is 0. The zero-order valence-corrected chi connectivity index (χ0v) is 15.4. The molecule has 0 unspecified atom stereocenters. The van der Waals surface area contributed by atoms with Crippen molar-refractivity contribution in [3.05, 3.63) is 95.4 Å². The Morgan fingerprint density at radius 3 is 2.57 bits per heavy atom. The van der Waals surface area contributed by atoms with Gasteiger partial charge in [0.1, 0.15) is 17.1 Å². The van der Waals surface area contributed by atoms with Gasteiger partial charge in [-0.15, -0.1) is 0 Å². The van der Waals surface area contributed by atoms with Crippen molar-refractivity contribution in [2.24, 2.45) is 0 Å². The lowest BCUT2D eigenvalue weighted by Crippen LogP contribution is -2.47. The fourth-order valence-corrected chi connectivity index (χ4v) is 3.26. The normalized spacial score (nSPS) is 10.5. The first kappa shape index (κ1) is 18.0. The van der Waals surface area contributed by atoms with Crippen LogP contribution in [0.4, 0.5) is 4.39 Å². The van der Waals surface area contributed by atoms with E-state index in [0.29, 0.717) is 16.8 Å². The first-order chi connectivity index (χ1) is 13.7. The first-order valence-electron chi connectivity index (χ1n) is 8.61. The van der Waals surface area contributed by atoms with E-state index < -0.39 is 12.7 Å². The molecule has 0 atom stereocenters. The van der Waals surface area contributed by atoms with Gasteiger partial charge < -0.3 is 4.65 Å². The molecule has 1 heterocycles. The highest BCUT2D eigenvalue weighted by atomic mass is 35.5. The second-order valence-corrected chi connectivity index (χ2v) is 6.65. The molecular formula is C22H13BClFN2O. The molecule has 0 aliphatic rings. The molecule has 0 bridgehead atoms. The van der Waals surface area contributed by atoms with Crippen LogP contribution in [0.5, 0.6) is 5.75 Å². The monoisotopic (exact) mass is 386 g/mol. The van der Waals surface area contributed by atoms with E-state index in [2.05, 4.69) is 11.1 Å². The van der Waals surface area contributed by atoms with E-state index in [-0.39, 0.29) is 5.02 Å². The zero-order chi connectivity index (χ0) is 19.5. The minimum atomic E-state index is -0.584. The average molecular weight is 387 g/mol. The van der Waals surface area contributed by atoms with Crippen molar-refractivity contribution < 1.29 is 9.04 Å². The van der Waals surface area contributed by atoms with Crippen LogP contribution in [0.15, 0.2) is 79.0 Å². The molecule has 0 fully saturated rings. The summed E-state index contributed by atoms with van der Waals surface area (Å²) in [5.41, 5.74) is 2.67. The molecule has 0 saturated heterocycles. The molecule has 3 nitrogen and oxygen atoms in total. The number of halogens is 2. The van der Waals surface area contributed by atoms with E-state index in [1.165, 1.54) is 6.07 Å². The molecule has 0 saturated carbocycles. The van der Waals surface area contributed by atoms with Crippen LogP contribution in [0.1, 0.15) is 5.56 Å². The lowest BCUT2D eigenvalue weighted by atomic mass is 9.55. The van der Waals surface area contributed by atoms with Crippen molar-refractivity contribution in [1.29, 1.82) is 5.26 Å². The van der Waals surface area contributed by atoms with E-state index in [4.69, 9.17) is 16.3 Å². The third kappa shape index (κ3) is 3.55. The molecule has 0 amide bonds. The van der Waals surface area contributed by atoms with Gasteiger partial charge in [0.15, 0.2) is 0 Å². The summed E-state index contributed by atoms with van der Waals surface area (Å²) in [5.74, 6) is 0.0904. The fourth-order valence-electron chi connectivity index (χ4n) is 3.07. The highest BCUT2D eigenvalue weighted by molar-refractivity contribution is 6.80. The van der Waals surface area contributed by atoms with Crippen molar-refractivity contribution in [2.75, 3.05) is 0 Å². The Kier molecular flexibility index (Phi) is 4.97. The van der Waals surface area contributed by atoms with Crippen LogP contribution in [0, 0.1) is 17.1 Å². The van der Waals surface area contributed by atoms with Gasteiger partial charge in [-0.1, -0.05) is 48.0 Å². The van der Waals surface area contributed by atoms with Crippen molar-refractivity contribution in [2.45, 2.75) is 0 Å². The quantitative estimate of drug-likeness (QED) is 0.496. The molecule has 0 spiro atoms. The largest absolute Gasteiger partial charge is 0.550 e. The fraction of sp³-hybridized carbons (Fsp3) is 0. The first-order valence-corrected chi connectivity index (χ1v) is 8.99. The number of rotatable bonds is 4.